The molecule has 35 heavy (non-hydrogen) atoms. The SMILES string of the molecule is CCC(=C1CCN(C(=O)OC(C)(C)C)CC1)c1scc(C(=O)NCc2c(C)cc(C)[nH]c2=O)c1C. The fraction of sp³-hybridized carbons (Fsp3) is 0.519. The Balaban J connectivity index is 1.72. The van der Waals surface area contributed by atoms with Gasteiger partial charge in [-0.1, -0.05) is 12.5 Å². The number of aromatic nitrogens is 1. The van der Waals surface area contributed by atoms with Gasteiger partial charge in [-0.3, -0.25) is 9.59 Å². The van der Waals surface area contributed by atoms with E-state index in [0.717, 1.165) is 41.0 Å². The molecule has 0 atom stereocenters. The first-order valence-corrected chi connectivity index (χ1v) is 13.0. The molecule has 1 fully saturated rings. The van der Waals surface area contributed by atoms with E-state index in [1.54, 1.807) is 16.2 Å². The van der Waals surface area contributed by atoms with Gasteiger partial charge in [0.1, 0.15) is 5.60 Å². The van der Waals surface area contributed by atoms with Gasteiger partial charge in [0.25, 0.3) is 11.5 Å². The third-order valence-corrected chi connectivity index (χ3v) is 7.42. The fourth-order valence-electron chi connectivity index (χ4n) is 4.46. The zero-order valence-corrected chi connectivity index (χ0v) is 22.7. The van der Waals surface area contributed by atoms with Crippen LogP contribution in [0, 0.1) is 20.8 Å². The van der Waals surface area contributed by atoms with Gasteiger partial charge in [0.05, 0.1) is 5.56 Å². The standard InChI is InChI=1S/C27H37N3O4S/c1-8-20(19-9-11-30(12-10-19)26(33)34-27(5,6)7)23-18(4)22(15-35-23)24(31)28-14-21-16(2)13-17(3)29-25(21)32/h13,15H,8-12,14H2,1-7H3,(H,28,31)(H,29,32). The molecular formula is C27H37N3O4S. The van der Waals surface area contributed by atoms with Crippen molar-refractivity contribution in [3.63, 3.8) is 0 Å². The second-order valence-electron chi connectivity index (χ2n) is 10.1. The van der Waals surface area contributed by atoms with E-state index in [4.69, 9.17) is 4.74 Å². The molecule has 2 N–H and O–H groups in total. The number of amides is 2. The maximum absolute atomic E-state index is 13.0. The normalized spacial score (nSPS) is 14.1. The summed E-state index contributed by atoms with van der Waals surface area (Å²) >= 11 is 1.58. The monoisotopic (exact) mass is 499 g/mol. The molecule has 190 valence electrons. The van der Waals surface area contributed by atoms with Gasteiger partial charge in [-0.05, 0) is 83.6 Å². The first-order chi connectivity index (χ1) is 16.4. The van der Waals surface area contributed by atoms with E-state index in [-0.39, 0.29) is 24.1 Å². The number of rotatable bonds is 5. The van der Waals surface area contributed by atoms with E-state index in [1.807, 2.05) is 53.0 Å². The van der Waals surface area contributed by atoms with E-state index in [2.05, 4.69) is 17.2 Å². The summed E-state index contributed by atoms with van der Waals surface area (Å²) in [5, 5.41) is 4.82. The van der Waals surface area contributed by atoms with Crippen LogP contribution in [0.15, 0.2) is 21.8 Å². The second kappa shape index (κ2) is 10.8. The first-order valence-electron chi connectivity index (χ1n) is 12.2. The average molecular weight is 500 g/mol. The lowest BCUT2D eigenvalue weighted by Gasteiger charge is -2.32. The molecule has 0 aromatic carbocycles. The number of hydrogen-bond acceptors (Lipinski definition) is 5. The van der Waals surface area contributed by atoms with Crippen LogP contribution in [0.25, 0.3) is 5.57 Å². The molecule has 0 saturated carbocycles. The number of H-pyrrole nitrogens is 1. The molecular weight excluding hydrogens is 462 g/mol. The van der Waals surface area contributed by atoms with Gasteiger partial charge in [0.2, 0.25) is 0 Å². The summed E-state index contributed by atoms with van der Waals surface area (Å²) in [6, 6.07) is 1.91. The zero-order chi connectivity index (χ0) is 25.9. The first kappa shape index (κ1) is 26.7. The Kier molecular flexibility index (Phi) is 8.26. The number of aryl methyl sites for hydroxylation is 2. The Morgan fingerprint density at radius 2 is 1.83 bits per heavy atom. The minimum absolute atomic E-state index is 0.166. The molecule has 2 amide bonds. The highest BCUT2D eigenvalue weighted by molar-refractivity contribution is 7.11. The molecule has 0 bridgehead atoms. The molecule has 1 aliphatic heterocycles. The van der Waals surface area contributed by atoms with Crippen LogP contribution in [0.3, 0.4) is 0 Å². The van der Waals surface area contributed by atoms with E-state index in [0.29, 0.717) is 24.2 Å². The summed E-state index contributed by atoms with van der Waals surface area (Å²) in [4.78, 5) is 43.4. The van der Waals surface area contributed by atoms with Crippen LogP contribution >= 0.6 is 11.3 Å². The van der Waals surface area contributed by atoms with E-state index in [1.165, 1.54) is 11.1 Å². The third kappa shape index (κ3) is 6.42. The summed E-state index contributed by atoms with van der Waals surface area (Å²) in [6.07, 6.45) is 2.21. The molecule has 0 radical (unpaired) electrons. The van der Waals surface area contributed by atoms with Gasteiger partial charge in [-0.25, -0.2) is 4.79 Å². The van der Waals surface area contributed by atoms with Crippen molar-refractivity contribution in [1.82, 2.24) is 15.2 Å². The molecule has 0 unspecified atom stereocenters. The predicted molar refractivity (Wildman–Crippen MR) is 141 cm³/mol. The van der Waals surface area contributed by atoms with Crippen molar-refractivity contribution in [1.29, 1.82) is 0 Å². The summed E-state index contributed by atoms with van der Waals surface area (Å²) in [6.45, 7) is 14.9. The number of ether oxygens (including phenoxy) is 1. The number of hydrogen-bond donors (Lipinski definition) is 2. The van der Waals surface area contributed by atoms with Gasteiger partial charge in [0.15, 0.2) is 0 Å². The number of carbonyl (C=O) groups is 2. The van der Waals surface area contributed by atoms with Crippen LogP contribution in [0.5, 0.6) is 0 Å². The molecule has 2 aromatic rings. The molecule has 7 nitrogen and oxygen atoms in total. The Morgan fingerprint density at radius 3 is 2.40 bits per heavy atom. The number of carbonyl (C=O) groups excluding carboxylic acids is 2. The topological polar surface area (TPSA) is 91.5 Å². The van der Waals surface area contributed by atoms with Gasteiger partial charge < -0.3 is 19.9 Å². The third-order valence-electron chi connectivity index (χ3n) is 6.28. The Labute approximate surface area is 211 Å². The van der Waals surface area contributed by atoms with Crippen molar-refractivity contribution in [3.8, 4) is 0 Å². The van der Waals surface area contributed by atoms with Crippen molar-refractivity contribution >= 4 is 28.9 Å². The highest BCUT2D eigenvalue weighted by Crippen LogP contribution is 2.36. The summed E-state index contributed by atoms with van der Waals surface area (Å²) in [7, 11) is 0. The van der Waals surface area contributed by atoms with Crippen molar-refractivity contribution in [2.45, 2.75) is 79.9 Å². The Morgan fingerprint density at radius 1 is 1.17 bits per heavy atom. The van der Waals surface area contributed by atoms with Crippen molar-refractivity contribution < 1.29 is 14.3 Å². The van der Waals surface area contributed by atoms with Crippen LogP contribution in [0.1, 0.15) is 84.6 Å². The molecule has 1 saturated heterocycles. The minimum atomic E-state index is -0.501. The number of allylic oxidation sites excluding steroid dienone is 1. The number of pyridine rings is 1. The van der Waals surface area contributed by atoms with Crippen molar-refractivity contribution in [2.75, 3.05) is 13.1 Å². The summed E-state index contributed by atoms with van der Waals surface area (Å²) < 4.78 is 5.52. The Bertz CT molecular complexity index is 1190. The second-order valence-corrected chi connectivity index (χ2v) is 11.0. The number of nitrogens with one attached hydrogen (secondary N) is 2. The molecule has 3 rings (SSSR count). The largest absolute Gasteiger partial charge is 0.444 e. The molecule has 0 aliphatic carbocycles. The number of likely N-dealkylation sites (tertiary alicyclic amines) is 1. The van der Waals surface area contributed by atoms with E-state index in [9.17, 15) is 14.4 Å². The van der Waals surface area contributed by atoms with Gasteiger partial charge in [0, 0.05) is 41.1 Å². The lowest BCUT2D eigenvalue weighted by Crippen LogP contribution is -2.40. The molecule has 0 spiro atoms. The van der Waals surface area contributed by atoms with Crippen LogP contribution in [0.4, 0.5) is 4.79 Å². The van der Waals surface area contributed by atoms with Gasteiger partial charge in [-0.15, -0.1) is 11.3 Å². The van der Waals surface area contributed by atoms with Crippen LogP contribution < -0.4 is 10.9 Å². The lowest BCUT2D eigenvalue weighted by molar-refractivity contribution is 0.0236. The molecule has 8 heteroatoms. The maximum Gasteiger partial charge on any atom is 0.410 e. The highest BCUT2D eigenvalue weighted by atomic mass is 32.1. The van der Waals surface area contributed by atoms with Gasteiger partial charge in [-0.2, -0.15) is 0 Å². The maximum atomic E-state index is 13.0. The zero-order valence-electron chi connectivity index (χ0n) is 21.9. The van der Waals surface area contributed by atoms with Crippen LogP contribution in [-0.2, 0) is 11.3 Å². The van der Waals surface area contributed by atoms with E-state index < -0.39 is 5.60 Å². The summed E-state index contributed by atoms with van der Waals surface area (Å²) in [5.74, 6) is -0.176. The predicted octanol–water partition coefficient (Wildman–Crippen LogP) is 5.49. The molecule has 1 aliphatic rings. The van der Waals surface area contributed by atoms with Crippen molar-refractivity contribution in [2.24, 2.45) is 0 Å². The smallest absolute Gasteiger partial charge is 0.410 e. The highest BCUT2D eigenvalue weighted by Gasteiger charge is 2.26. The van der Waals surface area contributed by atoms with Crippen LogP contribution in [0.2, 0.25) is 0 Å². The average Bonchev–Trinajstić information content (AvgIpc) is 3.14. The minimum Gasteiger partial charge on any atom is -0.444 e. The quantitative estimate of drug-likeness (QED) is 0.569. The van der Waals surface area contributed by atoms with Crippen molar-refractivity contribution in [3.05, 3.63) is 60.2 Å². The van der Waals surface area contributed by atoms with Crippen LogP contribution in [-0.4, -0.2) is 40.6 Å². The molecule has 2 aromatic heterocycles. The number of nitrogens with zero attached hydrogens (tertiary/aromatic N) is 1. The number of thiophene rings is 1. The van der Waals surface area contributed by atoms with Gasteiger partial charge >= 0.3 is 6.09 Å². The Hall–Kier alpha value is -2.87. The fourth-order valence-corrected chi connectivity index (χ4v) is 5.70. The lowest BCUT2D eigenvalue weighted by atomic mass is 9.93. The molecule has 3 heterocycles. The summed E-state index contributed by atoms with van der Waals surface area (Å²) in [5.41, 5.74) is 5.78. The van der Waals surface area contributed by atoms with E-state index >= 15 is 0 Å². The number of aromatic amines is 1. The number of piperidine rings is 1.